The first-order valence-corrected chi connectivity index (χ1v) is 6.96. The molecular weight excluding hydrogens is 288 g/mol. The highest BCUT2D eigenvalue weighted by Gasteiger charge is 2.23. The van der Waals surface area contributed by atoms with Crippen molar-refractivity contribution in [1.82, 2.24) is 19.4 Å². The van der Waals surface area contributed by atoms with E-state index in [1.807, 2.05) is 0 Å². The van der Waals surface area contributed by atoms with E-state index in [4.69, 9.17) is 4.74 Å². The van der Waals surface area contributed by atoms with E-state index in [1.54, 1.807) is 11.8 Å². The van der Waals surface area contributed by atoms with Gasteiger partial charge in [-0.1, -0.05) is 0 Å². The summed E-state index contributed by atoms with van der Waals surface area (Å²) in [5.41, 5.74) is -0.576. The Hall–Kier alpha value is -2.48. The quantitative estimate of drug-likeness (QED) is 0.759. The number of aryl methyl sites for hydroxylation is 2. The molecule has 8 nitrogen and oxygen atoms in total. The lowest BCUT2D eigenvalue weighted by molar-refractivity contribution is 0.0301. The number of aromatic amines is 1. The number of fused-ring (bicyclic) bond motifs is 1. The van der Waals surface area contributed by atoms with E-state index in [2.05, 4.69) is 9.97 Å². The molecule has 8 heteroatoms. The predicted molar refractivity (Wildman–Crippen MR) is 79.1 cm³/mol. The molecule has 0 atom stereocenters. The van der Waals surface area contributed by atoms with Crippen LogP contribution in [0.1, 0.15) is 16.2 Å². The Kier molecular flexibility index (Phi) is 3.53. The van der Waals surface area contributed by atoms with E-state index in [-0.39, 0.29) is 28.1 Å². The molecule has 1 aliphatic rings. The third-order valence-corrected chi connectivity index (χ3v) is 3.72. The Bertz CT molecular complexity index is 861. The second-order valence-corrected chi connectivity index (χ2v) is 5.22. The number of pyridine rings is 1. The van der Waals surface area contributed by atoms with Gasteiger partial charge in [0.15, 0.2) is 0 Å². The fourth-order valence-electron chi connectivity index (χ4n) is 2.54. The molecule has 0 aliphatic carbocycles. The molecule has 3 heterocycles. The van der Waals surface area contributed by atoms with E-state index in [0.717, 1.165) is 0 Å². The predicted octanol–water partition coefficient (Wildman–Crippen LogP) is -0.597. The van der Waals surface area contributed by atoms with Gasteiger partial charge < -0.3 is 14.6 Å². The molecule has 1 saturated heterocycles. The third kappa shape index (κ3) is 2.31. The monoisotopic (exact) mass is 304 g/mol. The lowest BCUT2D eigenvalue weighted by Gasteiger charge is -2.26. The maximum absolute atomic E-state index is 12.5. The molecule has 0 radical (unpaired) electrons. The van der Waals surface area contributed by atoms with Gasteiger partial charge in [-0.05, 0) is 13.0 Å². The van der Waals surface area contributed by atoms with Gasteiger partial charge in [-0.3, -0.25) is 19.0 Å². The van der Waals surface area contributed by atoms with Crippen molar-refractivity contribution in [3.8, 4) is 0 Å². The number of amides is 1. The zero-order valence-electron chi connectivity index (χ0n) is 12.4. The van der Waals surface area contributed by atoms with Crippen molar-refractivity contribution >= 4 is 16.9 Å². The Labute approximate surface area is 125 Å². The normalized spacial score (nSPS) is 15.3. The molecule has 22 heavy (non-hydrogen) atoms. The lowest BCUT2D eigenvalue weighted by atomic mass is 10.2. The second-order valence-electron chi connectivity index (χ2n) is 5.22. The van der Waals surface area contributed by atoms with Crippen molar-refractivity contribution in [2.75, 3.05) is 26.3 Å². The van der Waals surface area contributed by atoms with Gasteiger partial charge in [0.25, 0.3) is 17.0 Å². The summed E-state index contributed by atoms with van der Waals surface area (Å²) in [7, 11) is 1.51. The molecular formula is C14H16N4O4. The van der Waals surface area contributed by atoms with Crippen LogP contribution >= 0.6 is 0 Å². The largest absolute Gasteiger partial charge is 0.378 e. The Balaban J connectivity index is 2.18. The van der Waals surface area contributed by atoms with Crippen LogP contribution in [-0.2, 0) is 11.8 Å². The fourth-order valence-corrected chi connectivity index (χ4v) is 2.54. The van der Waals surface area contributed by atoms with Gasteiger partial charge in [-0.2, -0.15) is 0 Å². The molecule has 2 aromatic heterocycles. The minimum absolute atomic E-state index is 0.0203. The first-order valence-electron chi connectivity index (χ1n) is 6.96. The third-order valence-electron chi connectivity index (χ3n) is 3.72. The number of morpholine rings is 1. The SMILES string of the molecule is Cc1nc2c(cc(C(=O)N3CCOCC3)c(=O)n2C)c(=O)[nH]1. The number of carbonyl (C=O) groups excluding carboxylic acids is 1. The van der Waals surface area contributed by atoms with Crippen LogP contribution < -0.4 is 11.1 Å². The summed E-state index contributed by atoms with van der Waals surface area (Å²) in [5, 5.41) is 0.226. The van der Waals surface area contributed by atoms with Crippen molar-refractivity contribution in [2.45, 2.75) is 6.92 Å². The van der Waals surface area contributed by atoms with Gasteiger partial charge in [0, 0.05) is 20.1 Å². The number of hydrogen-bond donors (Lipinski definition) is 1. The number of carbonyl (C=O) groups is 1. The van der Waals surface area contributed by atoms with E-state index in [1.165, 1.54) is 17.7 Å². The van der Waals surface area contributed by atoms with Gasteiger partial charge in [-0.25, -0.2) is 4.98 Å². The van der Waals surface area contributed by atoms with E-state index < -0.39 is 5.56 Å². The average Bonchev–Trinajstić information content (AvgIpc) is 2.51. The van der Waals surface area contributed by atoms with Crippen LogP contribution in [-0.4, -0.2) is 51.6 Å². The Morgan fingerprint density at radius 3 is 2.68 bits per heavy atom. The molecule has 1 fully saturated rings. The summed E-state index contributed by atoms with van der Waals surface area (Å²) in [6.07, 6.45) is 0. The van der Waals surface area contributed by atoms with Crippen LogP contribution in [0.4, 0.5) is 0 Å². The molecule has 1 aliphatic heterocycles. The van der Waals surface area contributed by atoms with E-state index in [0.29, 0.717) is 32.1 Å². The number of hydrogen-bond acceptors (Lipinski definition) is 5. The molecule has 0 saturated carbocycles. The molecule has 2 aromatic rings. The number of aromatic nitrogens is 3. The first-order chi connectivity index (χ1) is 10.5. The van der Waals surface area contributed by atoms with Crippen LogP contribution in [0.5, 0.6) is 0 Å². The van der Waals surface area contributed by atoms with Crippen LogP contribution in [0.3, 0.4) is 0 Å². The summed E-state index contributed by atoms with van der Waals surface area (Å²) >= 11 is 0. The van der Waals surface area contributed by atoms with Gasteiger partial charge in [0.1, 0.15) is 17.0 Å². The minimum Gasteiger partial charge on any atom is -0.378 e. The summed E-state index contributed by atoms with van der Waals surface area (Å²) in [4.78, 5) is 45.3. The highest BCUT2D eigenvalue weighted by molar-refractivity contribution is 5.96. The number of rotatable bonds is 1. The van der Waals surface area contributed by atoms with Crippen LogP contribution in [0.2, 0.25) is 0 Å². The van der Waals surface area contributed by atoms with Crippen molar-refractivity contribution in [3.63, 3.8) is 0 Å². The van der Waals surface area contributed by atoms with Gasteiger partial charge in [0.2, 0.25) is 0 Å². The van der Waals surface area contributed by atoms with Crippen molar-refractivity contribution in [3.05, 3.63) is 38.2 Å². The highest BCUT2D eigenvalue weighted by atomic mass is 16.5. The standard InChI is InChI=1S/C14H16N4O4/c1-8-15-11-9(12(19)16-8)7-10(13(20)17(11)2)14(21)18-3-5-22-6-4-18/h7H,3-6H2,1-2H3,(H,15,16,19). The smallest absolute Gasteiger partial charge is 0.264 e. The summed E-state index contributed by atoms with van der Waals surface area (Å²) in [6.45, 7) is 3.39. The van der Waals surface area contributed by atoms with E-state index in [9.17, 15) is 14.4 Å². The highest BCUT2D eigenvalue weighted by Crippen LogP contribution is 2.09. The number of ether oxygens (including phenoxy) is 1. The second kappa shape index (κ2) is 5.38. The molecule has 1 N–H and O–H groups in total. The van der Waals surface area contributed by atoms with Crippen LogP contribution in [0.15, 0.2) is 15.7 Å². The molecule has 0 bridgehead atoms. The van der Waals surface area contributed by atoms with Crippen molar-refractivity contribution in [1.29, 1.82) is 0 Å². The molecule has 116 valence electrons. The fraction of sp³-hybridized carbons (Fsp3) is 0.429. The average molecular weight is 304 g/mol. The first kappa shape index (κ1) is 14.5. The molecule has 3 rings (SSSR count). The van der Waals surface area contributed by atoms with Crippen molar-refractivity contribution < 1.29 is 9.53 Å². The Morgan fingerprint density at radius 1 is 1.32 bits per heavy atom. The van der Waals surface area contributed by atoms with Crippen LogP contribution in [0, 0.1) is 6.92 Å². The zero-order chi connectivity index (χ0) is 15.9. The topological polar surface area (TPSA) is 97.3 Å². The summed E-state index contributed by atoms with van der Waals surface area (Å²) < 4.78 is 6.44. The van der Waals surface area contributed by atoms with Crippen LogP contribution in [0.25, 0.3) is 11.0 Å². The number of nitrogens with one attached hydrogen (secondary N) is 1. The molecule has 0 unspecified atom stereocenters. The van der Waals surface area contributed by atoms with Crippen molar-refractivity contribution in [2.24, 2.45) is 7.05 Å². The summed E-state index contributed by atoms with van der Waals surface area (Å²) in [6, 6.07) is 1.33. The molecule has 0 aromatic carbocycles. The van der Waals surface area contributed by atoms with Gasteiger partial charge >= 0.3 is 0 Å². The van der Waals surface area contributed by atoms with Gasteiger partial charge in [0.05, 0.1) is 18.6 Å². The maximum atomic E-state index is 12.5. The number of H-pyrrole nitrogens is 1. The minimum atomic E-state index is -0.457. The zero-order valence-corrected chi connectivity index (χ0v) is 12.4. The van der Waals surface area contributed by atoms with Gasteiger partial charge in [-0.15, -0.1) is 0 Å². The molecule has 1 amide bonds. The Morgan fingerprint density at radius 2 is 2.00 bits per heavy atom. The van der Waals surface area contributed by atoms with E-state index >= 15 is 0 Å². The maximum Gasteiger partial charge on any atom is 0.264 e. The molecule has 0 spiro atoms. The lowest BCUT2D eigenvalue weighted by Crippen LogP contribution is -2.43. The number of nitrogens with zero attached hydrogens (tertiary/aromatic N) is 3. The summed E-state index contributed by atoms with van der Waals surface area (Å²) in [5.74, 6) is 0.0329.